The van der Waals surface area contributed by atoms with Crippen molar-refractivity contribution < 1.29 is 23.9 Å². The van der Waals surface area contributed by atoms with Crippen molar-refractivity contribution in [1.82, 2.24) is 15.5 Å². The van der Waals surface area contributed by atoms with Crippen molar-refractivity contribution in [3.63, 3.8) is 0 Å². The van der Waals surface area contributed by atoms with E-state index in [1.807, 2.05) is 0 Å². The van der Waals surface area contributed by atoms with Gasteiger partial charge in [0.1, 0.15) is 25.3 Å². The van der Waals surface area contributed by atoms with Gasteiger partial charge in [-0.05, 0) is 93.2 Å². The van der Waals surface area contributed by atoms with Gasteiger partial charge in [-0.25, -0.2) is 4.79 Å². The third-order valence-electron chi connectivity index (χ3n) is 9.08. The van der Waals surface area contributed by atoms with E-state index >= 15 is 0 Å². The lowest BCUT2D eigenvalue weighted by molar-refractivity contribution is -0.136. The topological polar surface area (TPSA) is 97.0 Å². The average Bonchev–Trinajstić information content (AvgIpc) is 3.01. The molecule has 6 aliphatic rings. The molecule has 1 aromatic carbocycles. The lowest BCUT2D eigenvalue weighted by Crippen LogP contribution is -2.57. The fourth-order valence-corrected chi connectivity index (χ4v) is 7.68. The Hall–Kier alpha value is -2.77. The molecule has 2 N–H and O–H groups in total. The van der Waals surface area contributed by atoms with E-state index in [1.165, 1.54) is 38.5 Å². The maximum atomic E-state index is 13.3. The summed E-state index contributed by atoms with van der Waals surface area (Å²) in [6.45, 7) is 4.40. The summed E-state index contributed by atoms with van der Waals surface area (Å²) in [4.78, 5) is 40.1. The Bertz CT molecular complexity index is 1020. The summed E-state index contributed by atoms with van der Waals surface area (Å²) in [5.41, 5.74) is -0.500. The van der Waals surface area contributed by atoms with Gasteiger partial charge in [0.15, 0.2) is 11.5 Å². The number of imide groups is 1. The minimum atomic E-state index is -1.27. The van der Waals surface area contributed by atoms with Gasteiger partial charge in [-0.2, -0.15) is 0 Å². The second kappa shape index (κ2) is 7.62. The molecule has 2 atom stereocenters. The molecule has 0 radical (unpaired) electrons. The molecule has 5 fully saturated rings. The van der Waals surface area contributed by atoms with Crippen molar-refractivity contribution in [3.05, 3.63) is 23.8 Å². The minimum Gasteiger partial charge on any atom is -0.486 e. The highest BCUT2D eigenvalue weighted by Gasteiger charge is 2.54. The highest BCUT2D eigenvalue weighted by atomic mass is 16.6. The first-order valence-electron chi connectivity index (χ1n) is 12.6. The van der Waals surface area contributed by atoms with Crippen LogP contribution in [0.3, 0.4) is 0 Å². The maximum absolute atomic E-state index is 13.3. The van der Waals surface area contributed by atoms with Gasteiger partial charge in [0.05, 0.1) is 0 Å². The number of hydrogen-bond acceptors (Lipinski definition) is 5. The van der Waals surface area contributed by atoms with Crippen molar-refractivity contribution in [2.75, 3.05) is 19.8 Å². The summed E-state index contributed by atoms with van der Waals surface area (Å²) in [5, 5.41) is 5.95. The monoisotopic (exact) mass is 467 g/mol. The van der Waals surface area contributed by atoms with Crippen molar-refractivity contribution in [2.45, 2.75) is 64.0 Å². The molecule has 34 heavy (non-hydrogen) atoms. The standard InChI is InChI=1S/C26H33N3O5/c1-15(26-11-16-7-17(12-26)9-18(8-16)13-26)27-22(30)14-29-23(31)25(2,28-24(29)32)19-3-4-20-21(10-19)34-6-5-33-20/h3-4,10,15-18H,5-9,11-14H2,1-2H3,(H,27,30)(H,28,32)/t15-,16?,17?,18?,25-,26?/m1/s1. The third-order valence-corrected chi connectivity index (χ3v) is 9.08. The first-order valence-corrected chi connectivity index (χ1v) is 12.6. The van der Waals surface area contributed by atoms with E-state index in [0.717, 1.165) is 22.7 Å². The van der Waals surface area contributed by atoms with Gasteiger partial charge in [-0.3, -0.25) is 14.5 Å². The normalized spacial score (nSPS) is 36.4. The summed E-state index contributed by atoms with van der Waals surface area (Å²) in [6, 6.07) is 4.71. The van der Waals surface area contributed by atoms with Gasteiger partial charge in [0.2, 0.25) is 5.91 Å². The van der Waals surface area contributed by atoms with Gasteiger partial charge >= 0.3 is 6.03 Å². The van der Waals surface area contributed by atoms with E-state index < -0.39 is 17.5 Å². The Morgan fingerprint density at radius 2 is 1.71 bits per heavy atom. The van der Waals surface area contributed by atoms with E-state index in [1.54, 1.807) is 25.1 Å². The lowest BCUT2D eigenvalue weighted by atomic mass is 9.48. The predicted molar refractivity (Wildman–Crippen MR) is 123 cm³/mol. The first-order chi connectivity index (χ1) is 16.3. The summed E-state index contributed by atoms with van der Waals surface area (Å²) in [6.07, 6.45) is 7.60. The fraction of sp³-hybridized carbons (Fsp3) is 0.654. The molecular formula is C26H33N3O5. The number of carbonyl (C=O) groups is 3. The number of carbonyl (C=O) groups excluding carboxylic acids is 3. The van der Waals surface area contributed by atoms with E-state index in [2.05, 4.69) is 17.6 Å². The summed E-state index contributed by atoms with van der Waals surface area (Å²) in [7, 11) is 0. The van der Waals surface area contributed by atoms with Crippen molar-refractivity contribution in [1.29, 1.82) is 0 Å². The molecule has 4 amide bonds. The minimum absolute atomic E-state index is 0.0401. The molecule has 182 valence electrons. The number of rotatable bonds is 5. The molecule has 8 heteroatoms. The van der Waals surface area contributed by atoms with Gasteiger partial charge < -0.3 is 20.1 Å². The number of nitrogens with zero attached hydrogens (tertiary/aromatic N) is 1. The van der Waals surface area contributed by atoms with Crippen LogP contribution in [0.1, 0.15) is 57.9 Å². The highest BCUT2D eigenvalue weighted by molar-refractivity contribution is 6.09. The largest absolute Gasteiger partial charge is 0.486 e. The molecule has 2 aliphatic heterocycles. The number of nitrogens with one attached hydrogen (secondary N) is 2. The van der Waals surface area contributed by atoms with Gasteiger partial charge in [0, 0.05) is 6.04 Å². The van der Waals surface area contributed by atoms with Crippen LogP contribution < -0.4 is 20.1 Å². The molecule has 0 aromatic heterocycles. The van der Waals surface area contributed by atoms with Crippen LogP contribution in [0.15, 0.2) is 18.2 Å². The zero-order chi connectivity index (χ0) is 23.7. The molecule has 4 saturated carbocycles. The van der Waals surface area contributed by atoms with Crippen LogP contribution in [0.5, 0.6) is 11.5 Å². The van der Waals surface area contributed by atoms with Crippen LogP contribution in [0.2, 0.25) is 0 Å². The number of ether oxygens (including phenoxy) is 2. The number of hydrogen-bond donors (Lipinski definition) is 2. The van der Waals surface area contributed by atoms with Crippen LogP contribution >= 0.6 is 0 Å². The second-order valence-electron chi connectivity index (χ2n) is 11.4. The Kier molecular flexibility index (Phi) is 4.87. The van der Waals surface area contributed by atoms with E-state index in [-0.39, 0.29) is 23.9 Å². The van der Waals surface area contributed by atoms with Crippen LogP contribution in [-0.4, -0.2) is 48.5 Å². The lowest BCUT2D eigenvalue weighted by Gasteiger charge is -2.59. The van der Waals surface area contributed by atoms with Crippen molar-refractivity contribution in [3.8, 4) is 11.5 Å². The van der Waals surface area contributed by atoms with Crippen LogP contribution in [0.25, 0.3) is 0 Å². The quantitative estimate of drug-likeness (QED) is 0.649. The molecule has 4 bridgehead atoms. The maximum Gasteiger partial charge on any atom is 0.325 e. The van der Waals surface area contributed by atoms with Gasteiger partial charge in [0.25, 0.3) is 5.91 Å². The van der Waals surface area contributed by atoms with Crippen LogP contribution in [0.4, 0.5) is 4.79 Å². The summed E-state index contributed by atoms with van der Waals surface area (Å²) < 4.78 is 11.2. The number of urea groups is 1. The Labute approximate surface area is 199 Å². The number of fused-ring (bicyclic) bond motifs is 1. The molecule has 1 aromatic rings. The average molecular weight is 468 g/mol. The first kappa shape index (κ1) is 21.7. The molecular weight excluding hydrogens is 434 g/mol. The van der Waals surface area contributed by atoms with E-state index in [4.69, 9.17) is 9.47 Å². The SMILES string of the molecule is C[C@@H](NC(=O)CN1C(=O)N[C@](C)(c2ccc3c(c2)OCCO3)C1=O)C12CC3CC(CC(C3)C1)C2. The van der Waals surface area contributed by atoms with Crippen molar-refractivity contribution in [2.24, 2.45) is 23.2 Å². The van der Waals surface area contributed by atoms with Crippen LogP contribution in [-0.2, 0) is 15.1 Å². The highest BCUT2D eigenvalue weighted by Crippen LogP contribution is 2.61. The van der Waals surface area contributed by atoms with Crippen molar-refractivity contribution >= 4 is 17.8 Å². The second-order valence-corrected chi connectivity index (χ2v) is 11.4. The Morgan fingerprint density at radius 1 is 1.09 bits per heavy atom. The molecule has 1 saturated heterocycles. The van der Waals surface area contributed by atoms with Gasteiger partial charge in [-0.1, -0.05) is 6.07 Å². The smallest absolute Gasteiger partial charge is 0.325 e. The van der Waals surface area contributed by atoms with E-state index in [9.17, 15) is 14.4 Å². The molecule has 0 unspecified atom stereocenters. The number of benzene rings is 1. The zero-order valence-corrected chi connectivity index (χ0v) is 19.9. The number of amides is 4. The van der Waals surface area contributed by atoms with E-state index in [0.29, 0.717) is 30.3 Å². The van der Waals surface area contributed by atoms with Gasteiger partial charge in [-0.15, -0.1) is 0 Å². The molecule has 8 nitrogen and oxygen atoms in total. The predicted octanol–water partition coefficient (Wildman–Crippen LogP) is 2.95. The third kappa shape index (κ3) is 3.36. The molecule has 2 heterocycles. The Balaban J connectivity index is 1.14. The summed E-state index contributed by atoms with van der Waals surface area (Å²) >= 11 is 0. The molecule has 0 spiro atoms. The Morgan fingerprint density at radius 3 is 2.35 bits per heavy atom. The molecule has 7 rings (SSSR count). The van der Waals surface area contributed by atoms with Crippen LogP contribution in [0, 0.1) is 23.2 Å². The molecule has 4 aliphatic carbocycles. The summed E-state index contributed by atoms with van der Waals surface area (Å²) in [5.74, 6) is 2.83. The zero-order valence-electron chi connectivity index (χ0n) is 19.9. The fourth-order valence-electron chi connectivity index (χ4n) is 7.68.